The number of carbonyl (C=O) groups excluding carboxylic acids is 1. The number of alkyl halides is 1. The van der Waals surface area contributed by atoms with E-state index in [1.807, 2.05) is 18.0 Å². The van der Waals surface area contributed by atoms with Crippen molar-refractivity contribution in [3.63, 3.8) is 0 Å². The van der Waals surface area contributed by atoms with Crippen molar-refractivity contribution in [1.82, 2.24) is 14.5 Å². The van der Waals surface area contributed by atoms with Gasteiger partial charge in [0.2, 0.25) is 5.91 Å². The Morgan fingerprint density at radius 3 is 3.20 bits per heavy atom. The number of hydrogen-bond acceptors (Lipinski definition) is 2. The van der Waals surface area contributed by atoms with Gasteiger partial charge >= 0.3 is 0 Å². The van der Waals surface area contributed by atoms with Crippen LogP contribution in [-0.4, -0.2) is 31.7 Å². The van der Waals surface area contributed by atoms with Crippen LogP contribution in [0.3, 0.4) is 0 Å². The molecule has 4 nitrogen and oxygen atoms in total. The Morgan fingerprint density at radius 2 is 2.47 bits per heavy atom. The van der Waals surface area contributed by atoms with E-state index in [0.29, 0.717) is 6.54 Å². The third-order valence-electron chi connectivity index (χ3n) is 2.68. The maximum atomic E-state index is 11.9. The molecule has 5 heteroatoms. The van der Waals surface area contributed by atoms with Crippen molar-refractivity contribution < 1.29 is 4.79 Å². The Kier molecular flexibility index (Phi) is 3.09. The number of hydrogen-bond donors (Lipinski definition) is 0. The van der Waals surface area contributed by atoms with Crippen LogP contribution < -0.4 is 0 Å². The van der Waals surface area contributed by atoms with Gasteiger partial charge in [-0.2, -0.15) is 0 Å². The average molecular weight is 272 g/mol. The summed E-state index contributed by atoms with van der Waals surface area (Å²) in [7, 11) is 0. The molecule has 0 bridgehead atoms. The van der Waals surface area contributed by atoms with Gasteiger partial charge in [0.25, 0.3) is 0 Å². The highest BCUT2D eigenvalue weighted by molar-refractivity contribution is 9.10. The summed E-state index contributed by atoms with van der Waals surface area (Å²) in [4.78, 5) is 17.9. The summed E-state index contributed by atoms with van der Waals surface area (Å²) < 4.78 is 2.10. The highest BCUT2D eigenvalue weighted by atomic mass is 79.9. The molecular formula is C10H14BrN3O. The van der Waals surface area contributed by atoms with Gasteiger partial charge in [0.05, 0.1) is 11.4 Å². The molecular weight excluding hydrogens is 258 g/mol. The maximum Gasteiger partial charge on any atom is 0.236 e. The van der Waals surface area contributed by atoms with E-state index in [9.17, 15) is 4.79 Å². The van der Waals surface area contributed by atoms with Crippen LogP contribution in [0.1, 0.15) is 19.2 Å². The second kappa shape index (κ2) is 4.35. The molecule has 0 saturated carbocycles. The van der Waals surface area contributed by atoms with Gasteiger partial charge in [0.15, 0.2) is 0 Å². The summed E-state index contributed by atoms with van der Waals surface area (Å²) in [5.41, 5.74) is 0. The summed E-state index contributed by atoms with van der Waals surface area (Å²) in [6, 6.07) is 0. The van der Waals surface area contributed by atoms with Gasteiger partial charge in [0, 0.05) is 25.5 Å². The molecule has 0 fully saturated rings. The van der Waals surface area contributed by atoms with Crippen molar-refractivity contribution in [3.8, 4) is 0 Å². The van der Waals surface area contributed by atoms with Crippen LogP contribution in [0, 0.1) is 0 Å². The van der Waals surface area contributed by atoms with Crippen LogP contribution in [0.25, 0.3) is 0 Å². The van der Waals surface area contributed by atoms with E-state index in [4.69, 9.17) is 0 Å². The number of fused-ring (bicyclic) bond motifs is 1. The van der Waals surface area contributed by atoms with Gasteiger partial charge in [-0.15, -0.1) is 0 Å². The second-order valence-electron chi connectivity index (χ2n) is 3.67. The predicted octanol–water partition coefficient (Wildman–Crippen LogP) is 1.40. The average Bonchev–Trinajstić information content (AvgIpc) is 2.73. The first-order valence-corrected chi connectivity index (χ1v) is 6.06. The van der Waals surface area contributed by atoms with Gasteiger partial charge in [-0.25, -0.2) is 4.98 Å². The predicted molar refractivity (Wildman–Crippen MR) is 60.7 cm³/mol. The van der Waals surface area contributed by atoms with Crippen molar-refractivity contribution in [1.29, 1.82) is 0 Å². The van der Waals surface area contributed by atoms with Crippen molar-refractivity contribution in [2.24, 2.45) is 0 Å². The fourth-order valence-corrected chi connectivity index (χ4v) is 2.02. The van der Waals surface area contributed by atoms with Crippen LogP contribution >= 0.6 is 15.9 Å². The van der Waals surface area contributed by atoms with E-state index in [1.54, 1.807) is 6.20 Å². The Hall–Kier alpha value is -0.840. The quantitative estimate of drug-likeness (QED) is 0.763. The lowest BCUT2D eigenvalue weighted by Crippen LogP contribution is -2.41. The molecule has 1 aromatic rings. The molecule has 0 saturated heterocycles. The fraction of sp³-hybridized carbons (Fsp3) is 0.600. The summed E-state index contributed by atoms with van der Waals surface area (Å²) in [6.45, 7) is 4.27. The smallest absolute Gasteiger partial charge is 0.236 e. The van der Waals surface area contributed by atoms with Crippen molar-refractivity contribution in [2.45, 2.75) is 31.3 Å². The first-order valence-electron chi connectivity index (χ1n) is 5.15. The molecule has 82 valence electrons. The molecule has 1 aromatic heterocycles. The second-order valence-corrected chi connectivity index (χ2v) is 4.78. The molecule has 1 aliphatic heterocycles. The zero-order valence-electron chi connectivity index (χ0n) is 8.69. The maximum absolute atomic E-state index is 11.9. The Morgan fingerprint density at radius 1 is 1.67 bits per heavy atom. The number of amides is 1. The van der Waals surface area contributed by atoms with E-state index in [-0.39, 0.29) is 10.7 Å². The van der Waals surface area contributed by atoms with E-state index in [1.165, 1.54) is 0 Å². The number of halogens is 1. The minimum absolute atomic E-state index is 0.0565. The topological polar surface area (TPSA) is 38.1 Å². The van der Waals surface area contributed by atoms with Crippen molar-refractivity contribution >= 4 is 21.8 Å². The SMILES string of the molecule is CCC(Br)C(=O)N1CCn2ccnc2C1. The lowest BCUT2D eigenvalue weighted by Gasteiger charge is -2.29. The van der Waals surface area contributed by atoms with Crippen molar-refractivity contribution in [3.05, 3.63) is 18.2 Å². The first kappa shape index (κ1) is 10.7. The summed E-state index contributed by atoms with van der Waals surface area (Å²) in [5.74, 6) is 1.15. The number of aromatic nitrogens is 2. The van der Waals surface area contributed by atoms with E-state index in [2.05, 4.69) is 25.5 Å². The number of carbonyl (C=O) groups is 1. The monoisotopic (exact) mass is 271 g/mol. The molecule has 0 spiro atoms. The molecule has 1 unspecified atom stereocenters. The summed E-state index contributed by atoms with van der Waals surface area (Å²) in [6.07, 6.45) is 4.57. The van der Waals surface area contributed by atoms with E-state index < -0.39 is 0 Å². The third kappa shape index (κ3) is 2.07. The molecule has 2 rings (SSSR count). The van der Waals surface area contributed by atoms with Crippen LogP contribution in [0.2, 0.25) is 0 Å². The molecule has 1 atom stereocenters. The van der Waals surface area contributed by atoms with E-state index in [0.717, 1.165) is 25.3 Å². The molecule has 0 radical (unpaired) electrons. The number of imidazole rings is 1. The largest absolute Gasteiger partial charge is 0.332 e. The van der Waals surface area contributed by atoms with E-state index >= 15 is 0 Å². The Balaban J connectivity index is 2.06. The van der Waals surface area contributed by atoms with Crippen LogP contribution in [0.5, 0.6) is 0 Å². The van der Waals surface area contributed by atoms with Gasteiger partial charge in [0.1, 0.15) is 5.82 Å². The highest BCUT2D eigenvalue weighted by Crippen LogP contribution is 2.15. The lowest BCUT2D eigenvalue weighted by atomic mass is 10.2. The summed E-state index contributed by atoms with van der Waals surface area (Å²) in [5, 5.41) is 0. The zero-order valence-corrected chi connectivity index (χ0v) is 10.3. The minimum atomic E-state index is -0.0565. The van der Waals surface area contributed by atoms with Gasteiger partial charge in [-0.1, -0.05) is 22.9 Å². The van der Waals surface area contributed by atoms with Crippen LogP contribution in [0.4, 0.5) is 0 Å². The molecule has 0 N–H and O–H groups in total. The van der Waals surface area contributed by atoms with Gasteiger partial charge < -0.3 is 9.47 Å². The van der Waals surface area contributed by atoms with Crippen LogP contribution in [-0.2, 0) is 17.9 Å². The molecule has 1 aliphatic rings. The van der Waals surface area contributed by atoms with Crippen LogP contribution in [0.15, 0.2) is 12.4 Å². The van der Waals surface area contributed by atoms with Gasteiger partial charge in [-0.3, -0.25) is 4.79 Å². The third-order valence-corrected chi connectivity index (χ3v) is 3.72. The molecule has 15 heavy (non-hydrogen) atoms. The standard InChI is InChI=1S/C10H14BrN3O/c1-2-8(11)10(15)14-6-5-13-4-3-12-9(13)7-14/h3-4,8H,2,5-7H2,1H3. The molecule has 0 aromatic carbocycles. The Labute approximate surface area is 97.4 Å². The number of rotatable bonds is 2. The molecule has 0 aliphatic carbocycles. The normalized spacial score (nSPS) is 17.3. The Bertz CT molecular complexity index is 363. The lowest BCUT2D eigenvalue weighted by molar-refractivity contribution is -0.132. The van der Waals surface area contributed by atoms with Crippen molar-refractivity contribution in [2.75, 3.05) is 6.54 Å². The summed E-state index contributed by atoms with van der Waals surface area (Å²) >= 11 is 3.39. The minimum Gasteiger partial charge on any atom is -0.332 e. The first-order chi connectivity index (χ1) is 7.22. The number of nitrogens with zero attached hydrogens (tertiary/aromatic N) is 3. The fourth-order valence-electron chi connectivity index (χ4n) is 1.73. The zero-order chi connectivity index (χ0) is 10.8. The van der Waals surface area contributed by atoms with Gasteiger partial charge in [-0.05, 0) is 6.42 Å². The highest BCUT2D eigenvalue weighted by Gasteiger charge is 2.24. The molecule has 2 heterocycles. The molecule has 1 amide bonds.